The number of carbonyl (C=O) groups is 3. The van der Waals surface area contributed by atoms with Crippen LogP contribution in [0.3, 0.4) is 0 Å². The van der Waals surface area contributed by atoms with Gasteiger partial charge in [0.2, 0.25) is 0 Å². The molecular formula is C80H64Cl10N10O4S2. The summed E-state index contributed by atoms with van der Waals surface area (Å²) in [5.41, 5.74) is 10.5. The van der Waals surface area contributed by atoms with Crippen molar-refractivity contribution in [3.8, 4) is 0 Å². The summed E-state index contributed by atoms with van der Waals surface area (Å²) >= 11 is 67.8. The van der Waals surface area contributed by atoms with Crippen molar-refractivity contribution < 1.29 is 19.5 Å². The molecule has 1 unspecified atom stereocenters. The minimum atomic E-state index is -1.64. The van der Waals surface area contributed by atoms with Gasteiger partial charge in [0.1, 0.15) is 11.5 Å². The third-order valence-corrected chi connectivity index (χ3v) is 18.4. The fourth-order valence-corrected chi connectivity index (χ4v) is 12.0. The van der Waals surface area contributed by atoms with E-state index < -0.39 is 22.8 Å². The number of aliphatic hydroxyl groups is 1. The number of isothiocyanates is 1. The van der Waals surface area contributed by atoms with Crippen LogP contribution in [0, 0.1) is 6.92 Å². The SMILES string of the molecule is CC1(C)C(=O)N(c2ccc(Cl)cc2)C(=O)N1c1ccc(Cl)cc1.Cc1cccc(C2(O)N(c3ccc(Cl)cc3)C(=O)N(c3ccc(Cl)cc3)C2(C)C)c1.Clc1ccc(N=C=Nc2ccc(Cl)cc2)cc1.Nc1ccc(Cl)cc1.S=C(Nc1ccc(Cl)cc1)Nc1ccc(Cl)cc1.S=C=Nc1ccc(Cl)cc1. The van der Waals surface area contributed by atoms with E-state index in [1.165, 1.54) is 14.7 Å². The maximum Gasteiger partial charge on any atom is 0.336 e. The van der Waals surface area contributed by atoms with Gasteiger partial charge in [-0.25, -0.2) is 14.5 Å². The molecule has 13 rings (SSSR count). The summed E-state index contributed by atoms with van der Waals surface area (Å²) in [4.78, 5) is 57.0. The minimum Gasteiger partial charge on any atom is -0.399 e. The van der Waals surface area contributed by atoms with Crippen molar-refractivity contribution in [1.29, 1.82) is 0 Å². The number of nitrogen functional groups attached to an aromatic ring is 1. The monoisotopic (exact) mass is 1640 g/mol. The molecule has 0 spiro atoms. The maximum absolute atomic E-state index is 13.8. The molecule has 0 aliphatic carbocycles. The van der Waals surface area contributed by atoms with E-state index in [1.807, 2.05) is 69.3 Å². The predicted molar refractivity (Wildman–Crippen MR) is 452 cm³/mol. The second-order valence-corrected chi connectivity index (χ2v) is 28.8. The van der Waals surface area contributed by atoms with Crippen molar-refractivity contribution in [2.24, 2.45) is 15.0 Å². The number of halogens is 10. The molecule has 11 aromatic carbocycles. The molecule has 540 valence electrons. The summed E-state index contributed by atoms with van der Waals surface area (Å²) in [6.45, 7) is 9.12. The summed E-state index contributed by atoms with van der Waals surface area (Å²) in [7, 11) is 0. The van der Waals surface area contributed by atoms with Crippen molar-refractivity contribution >= 4 is 232 Å². The lowest BCUT2D eigenvalue weighted by Crippen LogP contribution is -2.56. The number of benzene rings is 11. The quantitative estimate of drug-likeness (QED) is 0.0450. The van der Waals surface area contributed by atoms with E-state index in [4.69, 9.17) is 134 Å². The number of hydrogen-bond acceptors (Lipinski definition) is 10. The molecule has 5 amide bonds. The molecule has 14 nitrogen and oxygen atoms in total. The molecule has 11 aromatic rings. The molecule has 0 saturated carbocycles. The smallest absolute Gasteiger partial charge is 0.336 e. The van der Waals surface area contributed by atoms with E-state index in [9.17, 15) is 19.5 Å². The number of nitrogens with two attached hydrogens (primary N) is 1. The van der Waals surface area contributed by atoms with Crippen LogP contribution >= 0.6 is 140 Å². The second-order valence-electron chi connectivity index (χ2n) is 23.9. The van der Waals surface area contributed by atoms with Crippen LogP contribution in [0.15, 0.2) is 282 Å². The normalized spacial score (nSPS) is 14.2. The first kappa shape index (κ1) is 82.8. The molecule has 106 heavy (non-hydrogen) atoms. The van der Waals surface area contributed by atoms with Crippen LogP contribution in [0.2, 0.25) is 50.2 Å². The van der Waals surface area contributed by atoms with Gasteiger partial charge in [0.05, 0.1) is 33.4 Å². The summed E-state index contributed by atoms with van der Waals surface area (Å²) in [5, 5.41) is 27.6. The third-order valence-electron chi connectivity index (χ3n) is 15.6. The van der Waals surface area contributed by atoms with Crippen molar-refractivity contribution in [2.45, 2.75) is 51.4 Å². The summed E-state index contributed by atoms with van der Waals surface area (Å²) < 4.78 is 0. The molecule has 0 radical (unpaired) electrons. The van der Waals surface area contributed by atoms with Crippen molar-refractivity contribution in [2.75, 3.05) is 36.0 Å². The van der Waals surface area contributed by atoms with E-state index >= 15 is 0 Å². The maximum atomic E-state index is 13.8. The summed E-state index contributed by atoms with van der Waals surface area (Å²) in [6, 6.07) is 79.9. The highest BCUT2D eigenvalue weighted by molar-refractivity contribution is 7.80. The minimum absolute atomic E-state index is 0.292. The summed E-state index contributed by atoms with van der Waals surface area (Å²) in [6.07, 6.45) is 0. The lowest BCUT2D eigenvalue weighted by molar-refractivity contribution is -0.120. The van der Waals surface area contributed by atoms with Gasteiger partial charge in [-0.05, 0) is 302 Å². The van der Waals surface area contributed by atoms with Crippen molar-refractivity contribution in [3.05, 3.63) is 328 Å². The Kier molecular flexibility index (Phi) is 30.2. The molecule has 2 saturated heterocycles. The van der Waals surface area contributed by atoms with Crippen LogP contribution in [0.5, 0.6) is 0 Å². The Hall–Kier alpha value is -8.84. The second kappa shape index (κ2) is 38.6. The lowest BCUT2D eigenvalue weighted by atomic mass is 9.83. The van der Waals surface area contributed by atoms with Crippen LogP contribution < -0.4 is 36.0 Å². The number of aliphatic imine (C=N–C) groups is 3. The van der Waals surface area contributed by atoms with Gasteiger partial charge in [-0.3, -0.25) is 19.5 Å². The highest BCUT2D eigenvalue weighted by Gasteiger charge is 2.64. The van der Waals surface area contributed by atoms with Gasteiger partial charge in [0.15, 0.2) is 10.8 Å². The van der Waals surface area contributed by atoms with E-state index in [0.717, 1.165) is 44.7 Å². The fraction of sp³-hybridized carbons (Fsp3) is 0.100. The zero-order valence-electron chi connectivity index (χ0n) is 56.9. The number of amides is 5. The van der Waals surface area contributed by atoms with Gasteiger partial charge >= 0.3 is 12.1 Å². The topological polar surface area (TPSA) is 172 Å². The molecule has 26 heteroatoms. The molecule has 1 atom stereocenters. The molecule has 0 aromatic heterocycles. The molecule has 5 N–H and O–H groups in total. The van der Waals surface area contributed by atoms with E-state index in [1.54, 1.807) is 237 Å². The number of nitrogens with one attached hydrogen (secondary N) is 2. The largest absolute Gasteiger partial charge is 0.399 e. The van der Waals surface area contributed by atoms with E-state index in [2.05, 4.69) is 49.0 Å². The zero-order valence-corrected chi connectivity index (χ0v) is 66.1. The number of urea groups is 2. The fourth-order valence-electron chi connectivity index (χ4n) is 10.4. The van der Waals surface area contributed by atoms with Crippen LogP contribution in [0.4, 0.5) is 66.5 Å². The highest BCUT2D eigenvalue weighted by Crippen LogP contribution is 2.51. The number of imide groups is 1. The van der Waals surface area contributed by atoms with Crippen LogP contribution in [0.25, 0.3) is 0 Å². The number of anilines is 7. The Bertz CT molecular complexity index is 4810. The molecular weight excluding hydrogens is 1580 g/mol. The molecule has 2 fully saturated rings. The number of aryl methyl sites for hydroxylation is 1. The molecule has 0 bridgehead atoms. The average molecular weight is 1650 g/mol. The number of rotatable bonds is 10. The Morgan fingerprint density at radius 3 is 1.08 bits per heavy atom. The summed E-state index contributed by atoms with van der Waals surface area (Å²) in [5.74, 6) is -0.292. The van der Waals surface area contributed by atoms with Gasteiger partial charge in [0, 0.05) is 89.9 Å². The van der Waals surface area contributed by atoms with Crippen LogP contribution in [-0.2, 0) is 10.5 Å². The van der Waals surface area contributed by atoms with Gasteiger partial charge in [-0.1, -0.05) is 146 Å². The highest BCUT2D eigenvalue weighted by atomic mass is 35.5. The predicted octanol–water partition coefficient (Wildman–Crippen LogP) is 26.0. The number of nitrogens with zero attached hydrogens (tertiary/aromatic N) is 7. The Morgan fingerprint density at radius 2 is 0.726 bits per heavy atom. The van der Waals surface area contributed by atoms with Crippen molar-refractivity contribution in [3.63, 3.8) is 0 Å². The average Bonchev–Trinajstić information content (AvgIpc) is 1.54. The Balaban J connectivity index is 0.000000168. The standard InChI is InChI=1S/C24H22Cl2N2O2.C17H14Cl2N2O2.C13H10Cl2N2S.C13H8Cl2N2.C7H4ClNS.C6H6ClN/c1-16-5-4-6-17(15-16)24(30)23(2,3)27(20-11-7-18(25)8-12-20)22(29)28(24)21-13-9-19(26)10-14-21;1-17(2)15(22)20(13-7-3-11(18)4-8-13)16(23)21(17)14-9-5-12(19)6-10-14;14-9-1-5-11(6-2-9)16-13(18)17-12-7-3-10(15)4-8-12;14-10-1-5-12(6-2-10)16-9-17-13-7-3-11(15)4-8-13;8-6-1-3-7(4-2-6)9-5-10;7-5-1-3-6(8)4-2-5/h4-15,30H,1-3H3;3-10H,1-2H3;1-8H,(H2,16,17,18);1-8H;1-4H;1-4H,8H2. The van der Waals surface area contributed by atoms with Crippen molar-refractivity contribution in [1.82, 2.24) is 0 Å². The van der Waals surface area contributed by atoms with Crippen LogP contribution in [-0.4, -0.2) is 50.4 Å². The number of hydrogen-bond donors (Lipinski definition) is 4. The van der Waals surface area contributed by atoms with Gasteiger partial charge in [-0.15, -0.1) is 0 Å². The Morgan fingerprint density at radius 1 is 0.415 bits per heavy atom. The van der Waals surface area contributed by atoms with Gasteiger partial charge in [0.25, 0.3) is 5.91 Å². The first-order valence-corrected chi connectivity index (χ1v) is 36.3. The van der Waals surface area contributed by atoms with E-state index in [0.29, 0.717) is 78.6 Å². The lowest BCUT2D eigenvalue weighted by Gasteiger charge is -2.42. The first-order valence-electron chi connectivity index (χ1n) is 31.7. The third kappa shape index (κ3) is 22.6. The molecule has 2 heterocycles. The molecule has 2 aliphatic rings. The Labute approximate surface area is 675 Å². The molecule has 2 aliphatic heterocycles. The van der Waals surface area contributed by atoms with Gasteiger partial charge in [-0.2, -0.15) is 15.0 Å². The van der Waals surface area contributed by atoms with Crippen LogP contribution in [0.1, 0.15) is 38.8 Å². The number of carbonyl (C=O) groups excluding carboxylic acids is 3. The zero-order chi connectivity index (χ0) is 76.9. The van der Waals surface area contributed by atoms with Gasteiger partial charge < -0.3 is 21.5 Å². The number of thiocarbonyl (C=S) groups is 2. The van der Waals surface area contributed by atoms with E-state index in [-0.39, 0.29) is 11.9 Å². The first-order chi connectivity index (χ1) is 50.5.